The Kier molecular flexibility index (Phi) is 7.98. The molecule has 0 N–H and O–H groups in total. The smallest absolute Gasteiger partial charge is 0.318 e. The molecule has 0 spiro atoms. The maximum Gasteiger partial charge on any atom is 0.318 e. The number of fused-ring (bicyclic) bond motifs is 2. The normalized spacial score (nSPS) is 21.4. The van der Waals surface area contributed by atoms with Gasteiger partial charge in [0.05, 0.1) is 25.3 Å². The van der Waals surface area contributed by atoms with Crippen LogP contribution in [0.1, 0.15) is 29.7 Å². The highest BCUT2D eigenvalue weighted by atomic mass is 19.1. The number of benzene rings is 2. The summed E-state index contributed by atoms with van der Waals surface area (Å²) in [5, 5.41) is 2.42. The quantitative estimate of drug-likeness (QED) is 0.402. The van der Waals surface area contributed by atoms with Gasteiger partial charge in [-0.1, -0.05) is 36.9 Å². The number of alkyl halides is 1. The molecule has 222 valence electrons. The Labute approximate surface area is 245 Å². The molecular weight excluding hydrogens is 538 g/mol. The summed E-state index contributed by atoms with van der Waals surface area (Å²) in [5.41, 5.74) is 4.20. The molecule has 3 aromatic rings. The van der Waals surface area contributed by atoms with Crippen LogP contribution in [0.15, 0.2) is 48.8 Å². The van der Waals surface area contributed by atoms with Gasteiger partial charge in [0.15, 0.2) is 5.83 Å². The Bertz CT molecular complexity index is 1490. The lowest BCUT2D eigenvalue weighted by molar-refractivity contribution is -0.129. The van der Waals surface area contributed by atoms with E-state index in [0.29, 0.717) is 38.0 Å². The lowest BCUT2D eigenvalue weighted by Gasteiger charge is -2.34. The second-order valence-electron chi connectivity index (χ2n) is 11.7. The lowest BCUT2D eigenvalue weighted by atomic mass is 10.00. The van der Waals surface area contributed by atoms with Crippen LogP contribution in [-0.4, -0.2) is 90.8 Å². The fraction of sp³-hybridized carbons (Fsp3) is 0.469. The van der Waals surface area contributed by atoms with E-state index in [1.807, 2.05) is 4.90 Å². The van der Waals surface area contributed by atoms with Gasteiger partial charge in [0, 0.05) is 42.3 Å². The van der Waals surface area contributed by atoms with E-state index in [9.17, 15) is 9.18 Å². The van der Waals surface area contributed by atoms with E-state index < -0.39 is 17.9 Å². The van der Waals surface area contributed by atoms with Crippen molar-refractivity contribution in [3.63, 3.8) is 0 Å². The number of hydrogen-bond donors (Lipinski definition) is 0. The molecule has 8 nitrogen and oxygen atoms in total. The van der Waals surface area contributed by atoms with Gasteiger partial charge in [-0.25, -0.2) is 8.78 Å². The van der Waals surface area contributed by atoms with Gasteiger partial charge in [-0.2, -0.15) is 9.97 Å². The van der Waals surface area contributed by atoms with Crippen LogP contribution in [0, 0.1) is 6.92 Å². The maximum absolute atomic E-state index is 15.2. The van der Waals surface area contributed by atoms with E-state index in [0.717, 1.165) is 42.9 Å². The SMILES string of the molecule is C=C(F)C(=O)N1CCN(c2nc(OC[C@@H]3CCCN3C)nc3c2CCN(c2cccc4cccc(C)c24)C3)CC(F)C1. The molecule has 6 rings (SSSR count). The third-order valence-corrected chi connectivity index (χ3v) is 8.83. The second kappa shape index (κ2) is 11.8. The van der Waals surface area contributed by atoms with Crippen LogP contribution >= 0.6 is 0 Å². The van der Waals surface area contributed by atoms with Crippen LogP contribution < -0.4 is 14.5 Å². The minimum Gasteiger partial charge on any atom is -0.462 e. The number of likely N-dealkylation sites (tertiary alicyclic amines) is 1. The number of carbonyl (C=O) groups is 1. The lowest BCUT2D eigenvalue weighted by Crippen LogP contribution is -2.37. The van der Waals surface area contributed by atoms with E-state index in [1.54, 1.807) is 0 Å². The summed E-state index contributed by atoms with van der Waals surface area (Å²) in [4.78, 5) is 29.7. The molecule has 1 aromatic heterocycles. The Morgan fingerprint density at radius 1 is 1.07 bits per heavy atom. The van der Waals surface area contributed by atoms with Gasteiger partial charge in [0.25, 0.3) is 5.91 Å². The summed E-state index contributed by atoms with van der Waals surface area (Å²) < 4.78 is 35.0. The van der Waals surface area contributed by atoms with Gasteiger partial charge in [0.1, 0.15) is 18.6 Å². The Hall–Kier alpha value is -3.79. The molecule has 0 radical (unpaired) electrons. The Balaban J connectivity index is 1.33. The van der Waals surface area contributed by atoms with Gasteiger partial charge >= 0.3 is 6.01 Å². The average molecular weight is 577 g/mol. The molecule has 10 heteroatoms. The summed E-state index contributed by atoms with van der Waals surface area (Å²) in [6.07, 6.45) is 1.50. The molecule has 2 saturated heterocycles. The van der Waals surface area contributed by atoms with Crippen LogP contribution in [0.25, 0.3) is 10.8 Å². The summed E-state index contributed by atoms with van der Waals surface area (Å²) in [7, 11) is 2.10. The Morgan fingerprint density at radius 2 is 1.88 bits per heavy atom. The molecule has 2 fully saturated rings. The molecular formula is C32H38F2N6O2. The number of carbonyl (C=O) groups excluding carboxylic acids is 1. The maximum atomic E-state index is 15.2. The van der Waals surface area contributed by atoms with Crippen molar-refractivity contribution in [3.8, 4) is 6.01 Å². The van der Waals surface area contributed by atoms with Crippen molar-refractivity contribution >= 4 is 28.2 Å². The zero-order valence-corrected chi connectivity index (χ0v) is 24.4. The number of halogens is 2. The number of ether oxygens (including phenoxy) is 1. The van der Waals surface area contributed by atoms with E-state index >= 15 is 4.39 Å². The molecule has 0 bridgehead atoms. The largest absolute Gasteiger partial charge is 0.462 e. The van der Waals surface area contributed by atoms with Crippen LogP contribution in [0.3, 0.4) is 0 Å². The number of anilines is 2. The van der Waals surface area contributed by atoms with Crippen LogP contribution in [0.4, 0.5) is 20.3 Å². The van der Waals surface area contributed by atoms with Crippen molar-refractivity contribution in [3.05, 3.63) is 65.6 Å². The molecule has 1 unspecified atom stereocenters. The average Bonchev–Trinajstić information content (AvgIpc) is 3.29. The van der Waals surface area contributed by atoms with Gasteiger partial charge in [-0.05, 0) is 56.8 Å². The van der Waals surface area contributed by atoms with Crippen molar-refractivity contribution in [2.75, 3.05) is 62.7 Å². The van der Waals surface area contributed by atoms with Gasteiger partial charge in [-0.15, -0.1) is 0 Å². The first-order chi connectivity index (χ1) is 20.3. The standard InChI is InChI=1S/C32H38F2N6O2/c1-21-7-4-8-23-9-5-11-28(29(21)23)38-14-12-26-27(19-38)35-32(42-20-25-10-6-13-37(25)3)36-30(26)39-15-16-40(18-24(34)17-39)31(41)22(2)33/h4-5,7-9,11,24-25H,2,6,10,12-20H2,1,3H3/t24?,25-/m0/s1. The third kappa shape index (κ3) is 5.64. The van der Waals surface area contributed by atoms with E-state index in [-0.39, 0.29) is 25.6 Å². The fourth-order valence-corrected chi connectivity index (χ4v) is 6.56. The minimum absolute atomic E-state index is 0.0447. The molecule has 3 aliphatic rings. The van der Waals surface area contributed by atoms with Crippen molar-refractivity contribution in [1.29, 1.82) is 0 Å². The predicted octanol–water partition coefficient (Wildman–Crippen LogP) is 4.44. The number of amides is 1. The van der Waals surface area contributed by atoms with Crippen molar-refractivity contribution in [2.45, 2.75) is 44.9 Å². The molecule has 2 aromatic carbocycles. The van der Waals surface area contributed by atoms with Crippen molar-refractivity contribution < 1.29 is 18.3 Å². The van der Waals surface area contributed by atoms with Crippen LogP contribution in [0.2, 0.25) is 0 Å². The summed E-state index contributed by atoms with van der Waals surface area (Å²) in [5.74, 6) is -1.30. The molecule has 0 saturated carbocycles. The highest BCUT2D eigenvalue weighted by Gasteiger charge is 2.32. The van der Waals surface area contributed by atoms with Gasteiger partial charge < -0.3 is 24.3 Å². The zero-order chi connectivity index (χ0) is 29.4. The third-order valence-electron chi connectivity index (χ3n) is 8.83. The first kappa shape index (κ1) is 28.3. The number of nitrogens with zero attached hydrogens (tertiary/aromatic N) is 6. The number of likely N-dealkylation sites (N-methyl/N-ethyl adjacent to an activating group) is 1. The topological polar surface area (TPSA) is 65.0 Å². The molecule has 2 atom stereocenters. The van der Waals surface area contributed by atoms with Gasteiger partial charge in [-0.3, -0.25) is 4.79 Å². The summed E-state index contributed by atoms with van der Waals surface area (Å²) >= 11 is 0. The summed E-state index contributed by atoms with van der Waals surface area (Å²) in [6.45, 7) is 8.43. The minimum atomic E-state index is -1.36. The Morgan fingerprint density at radius 3 is 2.64 bits per heavy atom. The molecule has 1 amide bonds. The van der Waals surface area contributed by atoms with Crippen molar-refractivity contribution in [2.24, 2.45) is 0 Å². The zero-order valence-electron chi connectivity index (χ0n) is 24.4. The molecule has 42 heavy (non-hydrogen) atoms. The first-order valence-electron chi connectivity index (χ1n) is 14.8. The monoisotopic (exact) mass is 576 g/mol. The summed E-state index contributed by atoms with van der Waals surface area (Å²) in [6, 6.07) is 13.3. The van der Waals surface area contributed by atoms with E-state index in [4.69, 9.17) is 14.7 Å². The predicted molar refractivity (Wildman–Crippen MR) is 161 cm³/mol. The number of aromatic nitrogens is 2. The number of hydrogen-bond acceptors (Lipinski definition) is 7. The number of rotatable bonds is 6. The van der Waals surface area contributed by atoms with Crippen molar-refractivity contribution in [1.82, 2.24) is 19.8 Å². The van der Waals surface area contributed by atoms with Gasteiger partial charge in [0.2, 0.25) is 0 Å². The molecule has 3 aliphatic heterocycles. The van der Waals surface area contributed by atoms with Crippen LogP contribution in [-0.2, 0) is 17.8 Å². The molecule has 4 heterocycles. The van der Waals surface area contributed by atoms with Crippen LogP contribution in [0.5, 0.6) is 6.01 Å². The number of aryl methyl sites for hydroxylation is 1. The fourth-order valence-electron chi connectivity index (χ4n) is 6.56. The van der Waals surface area contributed by atoms with E-state index in [2.05, 4.69) is 66.7 Å². The highest BCUT2D eigenvalue weighted by Crippen LogP contribution is 2.35. The first-order valence-corrected chi connectivity index (χ1v) is 14.8. The second-order valence-corrected chi connectivity index (χ2v) is 11.7. The highest BCUT2D eigenvalue weighted by molar-refractivity contribution is 5.97. The molecule has 0 aliphatic carbocycles. The van der Waals surface area contributed by atoms with E-state index in [1.165, 1.54) is 21.2 Å².